The summed E-state index contributed by atoms with van der Waals surface area (Å²) in [6.45, 7) is 2.31. The fraction of sp³-hybridized carbons (Fsp3) is 0.192. The maximum atomic E-state index is 13.9. The summed E-state index contributed by atoms with van der Waals surface area (Å²) in [5.41, 5.74) is 3.30. The summed E-state index contributed by atoms with van der Waals surface area (Å²) < 4.78 is 40.9. The van der Waals surface area contributed by atoms with E-state index in [-0.39, 0.29) is 23.1 Å². The second-order valence-corrected chi connectivity index (χ2v) is 11.3. The predicted molar refractivity (Wildman–Crippen MR) is 138 cm³/mol. The number of nitrogens with zero attached hydrogens (tertiary/aromatic N) is 3. The minimum atomic E-state index is -4.07. The van der Waals surface area contributed by atoms with Crippen molar-refractivity contribution in [2.45, 2.75) is 30.8 Å². The molecule has 9 nitrogen and oxygen atoms in total. The molecule has 5 rings (SSSR count). The summed E-state index contributed by atoms with van der Waals surface area (Å²) in [5.74, 6) is -0.0507. The molecular formula is C26H23N3O6S2. The number of thiazole rings is 1. The number of carboxylic acids is 1. The number of carbonyl (C=O) groups is 1. The van der Waals surface area contributed by atoms with E-state index in [1.54, 1.807) is 61.0 Å². The summed E-state index contributed by atoms with van der Waals surface area (Å²) in [6.07, 6.45) is 2.29. The second kappa shape index (κ2) is 10.2. The highest BCUT2D eigenvalue weighted by Crippen LogP contribution is 2.41. The highest BCUT2D eigenvalue weighted by atomic mass is 32.2. The average molecular weight is 538 g/mol. The van der Waals surface area contributed by atoms with Crippen molar-refractivity contribution < 1.29 is 27.8 Å². The van der Waals surface area contributed by atoms with Gasteiger partial charge in [0.25, 0.3) is 10.0 Å². The van der Waals surface area contributed by atoms with Gasteiger partial charge in [0.15, 0.2) is 0 Å². The third kappa shape index (κ3) is 5.27. The Kier molecular flexibility index (Phi) is 6.81. The Balaban J connectivity index is 1.56. The van der Waals surface area contributed by atoms with Crippen molar-refractivity contribution in [1.82, 2.24) is 9.97 Å². The summed E-state index contributed by atoms with van der Waals surface area (Å²) in [5, 5.41) is 10.8. The van der Waals surface area contributed by atoms with Crippen molar-refractivity contribution in [2.75, 3.05) is 10.9 Å². The van der Waals surface area contributed by atoms with E-state index in [9.17, 15) is 13.2 Å². The smallest absolute Gasteiger partial charge is 0.335 e. The van der Waals surface area contributed by atoms with Crippen LogP contribution in [0.5, 0.6) is 11.5 Å². The molecule has 0 spiro atoms. The first-order valence-corrected chi connectivity index (χ1v) is 13.7. The zero-order chi connectivity index (χ0) is 26.0. The average Bonchev–Trinajstić information content (AvgIpc) is 3.55. The zero-order valence-corrected chi connectivity index (χ0v) is 21.5. The normalized spacial score (nSPS) is 12.6. The molecule has 2 aromatic heterocycles. The molecule has 4 aromatic rings. The quantitative estimate of drug-likeness (QED) is 0.333. The molecule has 1 aliphatic heterocycles. The second-order valence-electron chi connectivity index (χ2n) is 8.40. The number of hydrogen-bond donors (Lipinski definition) is 1. The molecule has 0 amide bonds. The fourth-order valence-electron chi connectivity index (χ4n) is 3.89. The predicted octanol–water partition coefficient (Wildman–Crippen LogP) is 4.45. The van der Waals surface area contributed by atoms with Crippen LogP contribution in [-0.2, 0) is 29.6 Å². The first-order chi connectivity index (χ1) is 17.8. The van der Waals surface area contributed by atoms with Crippen molar-refractivity contribution in [2.24, 2.45) is 0 Å². The third-order valence-corrected chi connectivity index (χ3v) is 8.89. The molecule has 37 heavy (non-hydrogen) atoms. The Morgan fingerprint density at radius 3 is 2.68 bits per heavy atom. The molecule has 0 saturated carbocycles. The number of aryl methyl sites for hydroxylation is 1. The van der Waals surface area contributed by atoms with Gasteiger partial charge in [-0.3, -0.25) is 9.29 Å². The van der Waals surface area contributed by atoms with Crippen LogP contribution in [0.1, 0.15) is 32.9 Å². The lowest BCUT2D eigenvalue weighted by atomic mass is 10.1. The molecule has 1 N–H and O–H groups in total. The van der Waals surface area contributed by atoms with Gasteiger partial charge in [0.05, 0.1) is 30.1 Å². The van der Waals surface area contributed by atoms with E-state index in [1.165, 1.54) is 16.4 Å². The van der Waals surface area contributed by atoms with Crippen molar-refractivity contribution in [1.29, 1.82) is 0 Å². The summed E-state index contributed by atoms with van der Waals surface area (Å²) in [6, 6.07) is 15.1. The van der Waals surface area contributed by atoms with Crippen LogP contribution in [0.4, 0.5) is 5.69 Å². The van der Waals surface area contributed by atoms with Gasteiger partial charge in [-0.1, -0.05) is 18.2 Å². The molecule has 3 heterocycles. The maximum Gasteiger partial charge on any atom is 0.335 e. The molecule has 0 radical (unpaired) electrons. The molecule has 0 aliphatic carbocycles. The number of benzene rings is 2. The Morgan fingerprint density at radius 1 is 1.19 bits per heavy atom. The lowest BCUT2D eigenvalue weighted by molar-refractivity contribution is 0.0696. The lowest BCUT2D eigenvalue weighted by Gasteiger charge is -2.26. The molecule has 1 aliphatic rings. The van der Waals surface area contributed by atoms with Gasteiger partial charge in [-0.25, -0.2) is 9.78 Å². The number of hydrogen-bond acceptors (Lipinski definition) is 8. The molecule has 11 heteroatoms. The van der Waals surface area contributed by atoms with Gasteiger partial charge in [-0.2, -0.15) is 8.42 Å². The van der Waals surface area contributed by atoms with Crippen LogP contribution in [0.15, 0.2) is 70.5 Å². The van der Waals surface area contributed by atoms with Gasteiger partial charge in [0.2, 0.25) is 4.34 Å². The maximum absolute atomic E-state index is 13.9. The summed E-state index contributed by atoms with van der Waals surface area (Å²) in [7, 11) is -4.07. The van der Waals surface area contributed by atoms with E-state index in [0.717, 1.165) is 22.5 Å². The van der Waals surface area contributed by atoms with Crippen LogP contribution in [0.2, 0.25) is 0 Å². The first-order valence-electron chi connectivity index (χ1n) is 11.4. The van der Waals surface area contributed by atoms with Crippen molar-refractivity contribution in [3.05, 3.63) is 94.3 Å². The summed E-state index contributed by atoms with van der Waals surface area (Å²) >= 11 is 1.05. The Labute approximate surface area is 218 Å². The Morgan fingerprint density at radius 2 is 2.00 bits per heavy atom. The SMILES string of the molecule is Cc1csc(S(=O)(=O)N(Cc2ccccn2)c2cc3c(cc2OCc2ccc(C(=O)O)cc2)CCO3)n1. The van der Waals surface area contributed by atoms with E-state index in [2.05, 4.69) is 9.97 Å². The number of rotatable bonds is 9. The van der Waals surface area contributed by atoms with Crippen LogP contribution in [0, 0.1) is 6.92 Å². The summed E-state index contributed by atoms with van der Waals surface area (Å²) in [4.78, 5) is 19.7. The van der Waals surface area contributed by atoms with E-state index in [1.807, 2.05) is 0 Å². The van der Waals surface area contributed by atoms with Crippen molar-refractivity contribution in [3.63, 3.8) is 0 Å². The molecule has 0 unspecified atom stereocenters. The van der Waals surface area contributed by atoms with Crippen LogP contribution in [-0.4, -0.2) is 36.1 Å². The number of pyridine rings is 1. The van der Waals surface area contributed by atoms with Crippen LogP contribution >= 0.6 is 11.3 Å². The largest absolute Gasteiger partial charge is 0.493 e. The van der Waals surface area contributed by atoms with E-state index < -0.39 is 16.0 Å². The number of carboxylic acid groups (broad SMARTS) is 1. The van der Waals surface area contributed by atoms with Gasteiger partial charge >= 0.3 is 5.97 Å². The van der Waals surface area contributed by atoms with Crippen molar-refractivity contribution >= 4 is 33.0 Å². The van der Waals surface area contributed by atoms with Gasteiger partial charge in [-0.05, 0) is 42.8 Å². The third-order valence-electron chi connectivity index (χ3n) is 5.78. The molecular weight excluding hydrogens is 514 g/mol. The number of ether oxygens (including phenoxy) is 2. The van der Waals surface area contributed by atoms with Gasteiger partial charge in [0.1, 0.15) is 18.1 Å². The van der Waals surface area contributed by atoms with Crippen LogP contribution in [0.25, 0.3) is 0 Å². The lowest BCUT2D eigenvalue weighted by Crippen LogP contribution is -2.31. The first kappa shape index (κ1) is 24.7. The number of fused-ring (bicyclic) bond motifs is 1. The molecule has 0 bridgehead atoms. The van der Waals surface area contributed by atoms with Crippen LogP contribution in [0.3, 0.4) is 0 Å². The standard InChI is InChI=1S/C26H23N3O6S2/c1-17-16-36-26(28-17)37(32,33)29(14-21-4-2-3-10-27-21)22-13-23-20(9-11-34-23)12-24(22)35-15-18-5-7-19(8-6-18)25(30)31/h2-8,10,12-13,16H,9,11,14-15H2,1H3,(H,30,31). The number of aromatic nitrogens is 2. The minimum absolute atomic E-state index is 0.0300. The number of sulfonamides is 1. The highest BCUT2D eigenvalue weighted by molar-refractivity contribution is 7.94. The van der Waals surface area contributed by atoms with E-state index in [0.29, 0.717) is 41.6 Å². The minimum Gasteiger partial charge on any atom is -0.493 e. The highest BCUT2D eigenvalue weighted by Gasteiger charge is 2.32. The van der Waals surface area contributed by atoms with Gasteiger partial charge in [-0.15, -0.1) is 11.3 Å². The van der Waals surface area contributed by atoms with Crippen LogP contribution < -0.4 is 13.8 Å². The van der Waals surface area contributed by atoms with E-state index >= 15 is 0 Å². The van der Waals surface area contributed by atoms with Gasteiger partial charge in [0, 0.05) is 35.3 Å². The topological polar surface area (TPSA) is 119 Å². The molecule has 2 aromatic carbocycles. The molecule has 190 valence electrons. The monoisotopic (exact) mass is 537 g/mol. The Hall–Kier alpha value is -3.96. The Bertz CT molecular complexity index is 1540. The molecule has 0 fully saturated rings. The van der Waals surface area contributed by atoms with E-state index in [4.69, 9.17) is 14.6 Å². The van der Waals surface area contributed by atoms with Crippen molar-refractivity contribution in [3.8, 4) is 11.5 Å². The zero-order valence-electron chi connectivity index (χ0n) is 19.8. The molecule has 0 saturated heterocycles. The molecule has 0 atom stereocenters. The number of anilines is 1. The number of aromatic carboxylic acids is 1. The fourth-order valence-corrected chi connectivity index (χ4v) is 6.46. The van der Waals surface area contributed by atoms with Gasteiger partial charge < -0.3 is 14.6 Å².